The van der Waals surface area contributed by atoms with Crippen LogP contribution in [0.5, 0.6) is 0 Å². The van der Waals surface area contributed by atoms with Gasteiger partial charge in [-0.15, -0.1) is 0 Å². The summed E-state index contributed by atoms with van der Waals surface area (Å²) in [7, 11) is 0. The lowest BCUT2D eigenvalue weighted by Crippen LogP contribution is -2.09. The van der Waals surface area contributed by atoms with Gasteiger partial charge in [-0.1, -0.05) is 51.2 Å². The number of nitriles is 1. The second kappa shape index (κ2) is 10.2. The van der Waals surface area contributed by atoms with Crippen molar-refractivity contribution in [3.05, 3.63) is 35.4 Å². The van der Waals surface area contributed by atoms with E-state index in [1.54, 1.807) is 24.3 Å². The average Bonchev–Trinajstić information content (AvgIpc) is 2.50. The summed E-state index contributed by atoms with van der Waals surface area (Å²) in [6.07, 6.45) is 7.30. The van der Waals surface area contributed by atoms with E-state index in [-0.39, 0.29) is 12.4 Å². The van der Waals surface area contributed by atoms with Gasteiger partial charge in [-0.25, -0.2) is 0 Å². The molecule has 0 unspecified atom stereocenters. The van der Waals surface area contributed by atoms with Crippen molar-refractivity contribution in [3.63, 3.8) is 0 Å². The zero-order valence-electron chi connectivity index (χ0n) is 12.2. The standard InChI is InChI=1S/C17H23NO2/c1-2-3-4-5-6-7-12-20-14-17(19)16-10-8-15(13-18)9-11-16/h8-11H,2-7,12,14H2,1H3. The number of ketones is 1. The van der Waals surface area contributed by atoms with Gasteiger partial charge in [0.15, 0.2) is 5.78 Å². The highest BCUT2D eigenvalue weighted by atomic mass is 16.5. The zero-order valence-corrected chi connectivity index (χ0v) is 12.2. The van der Waals surface area contributed by atoms with E-state index in [1.165, 1.54) is 32.1 Å². The summed E-state index contributed by atoms with van der Waals surface area (Å²) in [6, 6.07) is 8.69. The molecule has 0 spiro atoms. The van der Waals surface area contributed by atoms with Gasteiger partial charge < -0.3 is 4.74 Å². The van der Waals surface area contributed by atoms with E-state index in [0.29, 0.717) is 17.7 Å². The number of benzene rings is 1. The molecule has 0 aliphatic carbocycles. The van der Waals surface area contributed by atoms with E-state index >= 15 is 0 Å². The third-order valence-electron chi connectivity index (χ3n) is 3.21. The van der Waals surface area contributed by atoms with Crippen LogP contribution in [0.15, 0.2) is 24.3 Å². The summed E-state index contributed by atoms with van der Waals surface area (Å²) in [5.74, 6) is -0.0273. The lowest BCUT2D eigenvalue weighted by atomic mass is 10.1. The van der Waals surface area contributed by atoms with Gasteiger partial charge in [0.2, 0.25) is 0 Å². The molecule has 1 rings (SSSR count). The first-order valence-corrected chi connectivity index (χ1v) is 7.39. The Balaban J connectivity index is 2.12. The number of rotatable bonds is 10. The van der Waals surface area contributed by atoms with Gasteiger partial charge in [0.25, 0.3) is 0 Å². The van der Waals surface area contributed by atoms with E-state index in [0.717, 1.165) is 6.42 Å². The lowest BCUT2D eigenvalue weighted by Gasteiger charge is -2.04. The monoisotopic (exact) mass is 273 g/mol. The van der Waals surface area contributed by atoms with Gasteiger partial charge in [-0.05, 0) is 18.6 Å². The van der Waals surface area contributed by atoms with Crippen molar-refractivity contribution in [1.82, 2.24) is 0 Å². The Morgan fingerprint density at radius 2 is 1.75 bits per heavy atom. The molecule has 0 heterocycles. The molecule has 3 nitrogen and oxygen atoms in total. The lowest BCUT2D eigenvalue weighted by molar-refractivity contribution is 0.0752. The minimum absolute atomic E-state index is 0.0273. The number of ether oxygens (including phenoxy) is 1. The Bertz CT molecular complexity index is 431. The highest BCUT2D eigenvalue weighted by Crippen LogP contribution is 2.06. The molecule has 0 amide bonds. The first kappa shape index (κ1) is 16.4. The molecule has 1 aromatic carbocycles. The molecule has 0 aliphatic rings. The van der Waals surface area contributed by atoms with Crippen molar-refractivity contribution in [1.29, 1.82) is 5.26 Å². The van der Waals surface area contributed by atoms with E-state index in [1.807, 2.05) is 6.07 Å². The predicted molar refractivity (Wildman–Crippen MR) is 79.7 cm³/mol. The molecule has 0 radical (unpaired) electrons. The van der Waals surface area contributed by atoms with Gasteiger partial charge >= 0.3 is 0 Å². The van der Waals surface area contributed by atoms with Crippen LogP contribution in [0.1, 0.15) is 61.4 Å². The largest absolute Gasteiger partial charge is 0.373 e. The minimum Gasteiger partial charge on any atom is -0.373 e. The Morgan fingerprint density at radius 1 is 1.10 bits per heavy atom. The van der Waals surface area contributed by atoms with Gasteiger partial charge in [-0.3, -0.25) is 4.79 Å². The van der Waals surface area contributed by atoms with Crippen LogP contribution in [0, 0.1) is 11.3 Å². The first-order chi connectivity index (χ1) is 9.77. The maximum atomic E-state index is 11.8. The summed E-state index contributed by atoms with van der Waals surface area (Å²) in [6.45, 7) is 2.98. The topological polar surface area (TPSA) is 50.1 Å². The summed E-state index contributed by atoms with van der Waals surface area (Å²) in [5.41, 5.74) is 1.17. The first-order valence-electron chi connectivity index (χ1n) is 7.39. The average molecular weight is 273 g/mol. The summed E-state index contributed by atoms with van der Waals surface area (Å²) >= 11 is 0. The molecular weight excluding hydrogens is 250 g/mol. The molecule has 0 fully saturated rings. The van der Waals surface area contributed by atoms with Crippen LogP contribution in [0.4, 0.5) is 0 Å². The second-order valence-corrected chi connectivity index (χ2v) is 4.93. The molecule has 0 N–H and O–H groups in total. The van der Waals surface area contributed by atoms with Crippen LogP contribution < -0.4 is 0 Å². The molecule has 0 saturated carbocycles. The number of nitrogens with zero attached hydrogens (tertiary/aromatic N) is 1. The predicted octanol–water partition coefficient (Wildman–Crippen LogP) is 4.12. The number of carbonyl (C=O) groups excluding carboxylic acids is 1. The smallest absolute Gasteiger partial charge is 0.188 e. The van der Waals surface area contributed by atoms with E-state index < -0.39 is 0 Å². The highest BCUT2D eigenvalue weighted by molar-refractivity contribution is 5.97. The third-order valence-corrected chi connectivity index (χ3v) is 3.21. The number of hydrogen-bond donors (Lipinski definition) is 0. The fraction of sp³-hybridized carbons (Fsp3) is 0.529. The second-order valence-electron chi connectivity index (χ2n) is 4.93. The third kappa shape index (κ3) is 6.49. The van der Waals surface area contributed by atoms with Crippen LogP contribution in [-0.4, -0.2) is 19.0 Å². The molecule has 20 heavy (non-hydrogen) atoms. The summed E-state index contributed by atoms with van der Waals surface area (Å²) in [5, 5.41) is 8.69. The highest BCUT2D eigenvalue weighted by Gasteiger charge is 2.05. The maximum absolute atomic E-state index is 11.8. The quantitative estimate of drug-likeness (QED) is 0.476. The molecule has 0 aliphatic heterocycles. The zero-order chi connectivity index (χ0) is 14.6. The molecule has 1 aromatic rings. The van der Waals surface area contributed by atoms with Crippen LogP contribution in [-0.2, 0) is 4.74 Å². The Kier molecular flexibility index (Phi) is 8.33. The molecule has 0 atom stereocenters. The molecule has 108 valence electrons. The van der Waals surface area contributed by atoms with Gasteiger partial charge in [0, 0.05) is 12.2 Å². The van der Waals surface area contributed by atoms with Crippen LogP contribution in [0.25, 0.3) is 0 Å². The van der Waals surface area contributed by atoms with Crippen LogP contribution in [0.2, 0.25) is 0 Å². The summed E-state index contributed by atoms with van der Waals surface area (Å²) < 4.78 is 5.40. The van der Waals surface area contributed by atoms with E-state index in [2.05, 4.69) is 6.92 Å². The van der Waals surface area contributed by atoms with E-state index in [9.17, 15) is 4.79 Å². The Labute approximate surface area is 121 Å². The van der Waals surface area contributed by atoms with Crippen molar-refractivity contribution in [3.8, 4) is 6.07 Å². The van der Waals surface area contributed by atoms with Gasteiger partial charge in [0.05, 0.1) is 11.6 Å². The molecular formula is C17H23NO2. The van der Waals surface area contributed by atoms with Crippen molar-refractivity contribution >= 4 is 5.78 Å². The van der Waals surface area contributed by atoms with Crippen molar-refractivity contribution in [2.75, 3.05) is 13.2 Å². The number of carbonyl (C=O) groups is 1. The van der Waals surface area contributed by atoms with Crippen molar-refractivity contribution < 1.29 is 9.53 Å². The molecule has 3 heteroatoms. The normalized spacial score (nSPS) is 10.2. The van der Waals surface area contributed by atoms with Gasteiger partial charge in [-0.2, -0.15) is 5.26 Å². The number of Topliss-reactive ketones (excluding diaryl/α,β-unsaturated/α-hetero) is 1. The summed E-state index contributed by atoms with van der Waals surface area (Å²) in [4.78, 5) is 11.8. The fourth-order valence-corrected chi connectivity index (χ4v) is 1.96. The van der Waals surface area contributed by atoms with Crippen LogP contribution in [0.3, 0.4) is 0 Å². The van der Waals surface area contributed by atoms with E-state index in [4.69, 9.17) is 10.00 Å². The Hall–Kier alpha value is -1.66. The maximum Gasteiger partial charge on any atom is 0.188 e. The SMILES string of the molecule is CCCCCCCCOCC(=O)c1ccc(C#N)cc1. The molecule has 0 saturated heterocycles. The Morgan fingerprint density at radius 3 is 2.40 bits per heavy atom. The number of unbranched alkanes of at least 4 members (excludes halogenated alkanes) is 5. The fourth-order valence-electron chi connectivity index (χ4n) is 1.96. The molecule has 0 bridgehead atoms. The minimum atomic E-state index is -0.0273. The van der Waals surface area contributed by atoms with Gasteiger partial charge in [0.1, 0.15) is 6.61 Å². The van der Waals surface area contributed by atoms with Crippen molar-refractivity contribution in [2.45, 2.75) is 45.4 Å². The van der Waals surface area contributed by atoms with Crippen LogP contribution >= 0.6 is 0 Å². The molecule has 0 aromatic heterocycles. The number of hydrogen-bond acceptors (Lipinski definition) is 3. The van der Waals surface area contributed by atoms with Crippen molar-refractivity contribution in [2.24, 2.45) is 0 Å².